The Balaban J connectivity index is 1.32. The van der Waals surface area contributed by atoms with E-state index in [9.17, 15) is 0 Å². The molecule has 0 aliphatic carbocycles. The lowest BCUT2D eigenvalue weighted by Crippen LogP contribution is -2.36. The standard InChI is InChI=1S/C25H26N6O/c26-24-25-29-22(17-3-5-21(6-4-17)30-9-11-32-12-10-30)15-31(25)16-23(28-24)19-1-2-20-14-27-8-7-18(20)13-19/h1-6,13,15-16,27H,7-12,14H2,(H2,26,28). The minimum Gasteiger partial charge on any atom is -0.381 e. The van der Waals surface area contributed by atoms with Gasteiger partial charge in [-0.25, -0.2) is 9.97 Å². The van der Waals surface area contributed by atoms with Crippen LogP contribution in [0.1, 0.15) is 11.1 Å². The Hall–Kier alpha value is -3.42. The summed E-state index contributed by atoms with van der Waals surface area (Å²) in [6.07, 6.45) is 5.09. The molecule has 1 fully saturated rings. The second-order valence-electron chi connectivity index (χ2n) is 8.42. The lowest BCUT2D eigenvalue weighted by molar-refractivity contribution is 0.122. The number of fused-ring (bicyclic) bond motifs is 2. The molecule has 1 saturated heterocycles. The van der Waals surface area contributed by atoms with E-state index in [1.54, 1.807) is 0 Å². The lowest BCUT2D eigenvalue weighted by atomic mass is 9.97. The Morgan fingerprint density at radius 2 is 1.62 bits per heavy atom. The van der Waals surface area contributed by atoms with Gasteiger partial charge in [-0.2, -0.15) is 0 Å². The van der Waals surface area contributed by atoms with Gasteiger partial charge in [0.1, 0.15) is 0 Å². The van der Waals surface area contributed by atoms with Crippen molar-refractivity contribution in [1.82, 2.24) is 19.7 Å². The molecule has 0 bridgehead atoms. The Morgan fingerprint density at radius 1 is 0.875 bits per heavy atom. The van der Waals surface area contributed by atoms with Crippen molar-refractivity contribution < 1.29 is 4.74 Å². The van der Waals surface area contributed by atoms with Gasteiger partial charge in [-0.05, 0) is 42.3 Å². The highest BCUT2D eigenvalue weighted by molar-refractivity contribution is 5.73. The number of rotatable bonds is 3. The average Bonchev–Trinajstić information content (AvgIpc) is 3.29. The number of morpholine rings is 1. The summed E-state index contributed by atoms with van der Waals surface area (Å²) >= 11 is 0. The Bertz CT molecular complexity index is 1270. The maximum Gasteiger partial charge on any atom is 0.180 e. The maximum absolute atomic E-state index is 6.32. The van der Waals surface area contributed by atoms with E-state index in [1.807, 2.05) is 16.8 Å². The average molecular weight is 427 g/mol. The smallest absolute Gasteiger partial charge is 0.180 e. The van der Waals surface area contributed by atoms with E-state index in [0.717, 1.165) is 68.3 Å². The molecule has 0 atom stereocenters. The molecule has 2 aliphatic rings. The summed E-state index contributed by atoms with van der Waals surface area (Å²) in [4.78, 5) is 11.8. The SMILES string of the molecule is Nc1nc(-c2ccc3c(c2)CCNC3)cn2cc(-c3ccc(N4CCOCC4)cc3)nc12. The van der Waals surface area contributed by atoms with Crippen molar-refractivity contribution in [3.63, 3.8) is 0 Å². The highest BCUT2D eigenvalue weighted by Crippen LogP contribution is 2.28. The van der Waals surface area contributed by atoms with Gasteiger partial charge in [0.15, 0.2) is 11.5 Å². The van der Waals surface area contributed by atoms with Crippen molar-refractivity contribution in [3.05, 3.63) is 66.0 Å². The summed E-state index contributed by atoms with van der Waals surface area (Å²) in [6, 6.07) is 15.1. The van der Waals surface area contributed by atoms with Gasteiger partial charge in [0.25, 0.3) is 0 Å². The van der Waals surface area contributed by atoms with Crippen LogP contribution in [0.25, 0.3) is 28.2 Å². The monoisotopic (exact) mass is 426 g/mol. The largest absolute Gasteiger partial charge is 0.381 e. The zero-order valence-electron chi connectivity index (χ0n) is 17.9. The zero-order valence-corrected chi connectivity index (χ0v) is 17.9. The van der Waals surface area contributed by atoms with Gasteiger partial charge in [-0.3, -0.25) is 0 Å². The van der Waals surface area contributed by atoms with Crippen LogP contribution in [0.5, 0.6) is 0 Å². The second-order valence-corrected chi connectivity index (χ2v) is 8.42. The minimum absolute atomic E-state index is 0.443. The molecule has 0 unspecified atom stereocenters. The summed E-state index contributed by atoms with van der Waals surface area (Å²) in [5.41, 5.74) is 14.9. The third-order valence-electron chi connectivity index (χ3n) is 6.39. The molecule has 0 radical (unpaired) electrons. The van der Waals surface area contributed by atoms with Gasteiger partial charge in [-0.1, -0.05) is 24.3 Å². The molecule has 2 aliphatic heterocycles. The third-order valence-corrected chi connectivity index (χ3v) is 6.39. The quantitative estimate of drug-likeness (QED) is 0.524. The van der Waals surface area contributed by atoms with Crippen LogP contribution in [0.15, 0.2) is 54.9 Å². The number of hydrogen-bond donors (Lipinski definition) is 2. The van der Waals surface area contributed by atoms with E-state index >= 15 is 0 Å². The molecular formula is C25H26N6O. The fraction of sp³-hybridized carbons (Fsp3) is 0.280. The van der Waals surface area contributed by atoms with Crippen molar-refractivity contribution in [3.8, 4) is 22.5 Å². The number of aromatic nitrogens is 3. The summed E-state index contributed by atoms with van der Waals surface area (Å²) in [7, 11) is 0. The highest BCUT2D eigenvalue weighted by Gasteiger charge is 2.15. The third kappa shape index (κ3) is 3.49. The van der Waals surface area contributed by atoms with Crippen molar-refractivity contribution in [2.45, 2.75) is 13.0 Å². The van der Waals surface area contributed by atoms with E-state index in [1.165, 1.54) is 16.8 Å². The first-order chi connectivity index (χ1) is 15.7. The van der Waals surface area contributed by atoms with E-state index in [0.29, 0.717) is 11.5 Å². The van der Waals surface area contributed by atoms with Crippen LogP contribution in [0.2, 0.25) is 0 Å². The van der Waals surface area contributed by atoms with Crippen LogP contribution in [0.3, 0.4) is 0 Å². The van der Waals surface area contributed by atoms with Gasteiger partial charge in [0.05, 0.1) is 24.6 Å². The maximum atomic E-state index is 6.32. The molecule has 6 rings (SSSR count). The predicted octanol–water partition coefficient (Wildman–Crippen LogP) is 3.13. The minimum atomic E-state index is 0.443. The second kappa shape index (κ2) is 7.93. The number of ether oxygens (including phenoxy) is 1. The van der Waals surface area contributed by atoms with Crippen molar-refractivity contribution in [2.75, 3.05) is 43.5 Å². The fourth-order valence-electron chi connectivity index (χ4n) is 4.60. The molecule has 0 saturated carbocycles. The van der Waals surface area contributed by atoms with Gasteiger partial charge in [0, 0.05) is 48.8 Å². The van der Waals surface area contributed by atoms with Crippen molar-refractivity contribution in [2.24, 2.45) is 0 Å². The Morgan fingerprint density at radius 3 is 2.44 bits per heavy atom. The molecule has 162 valence electrons. The first-order valence-electron chi connectivity index (χ1n) is 11.2. The van der Waals surface area contributed by atoms with Crippen LogP contribution < -0.4 is 16.0 Å². The zero-order chi connectivity index (χ0) is 21.5. The van der Waals surface area contributed by atoms with Crippen LogP contribution in [0.4, 0.5) is 11.5 Å². The molecule has 7 heteroatoms. The summed E-state index contributed by atoms with van der Waals surface area (Å²) in [5, 5.41) is 3.42. The number of anilines is 2. The van der Waals surface area contributed by atoms with Crippen LogP contribution in [-0.4, -0.2) is 47.2 Å². The Labute approximate surface area is 186 Å². The van der Waals surface area contributed by atoms with Crippen LogP contribution in [0, 0.1) is 0 Å². The molecule has 2 aromatic carbocycles. The number of hydrogen-bond acceptors (Lipinski definition) is 6. The molecule has 4 aromatic rings. The topological polar surface area (TPSA) is 80.7 Å². The first-order valence-corrected chi connectivity index (χ1v) is 11.2. The van der Waals surface area contributed by atoms with Crippen LogP contribution >= 0.6 is 0 Å². The molecule has 2 aromatic heterocycles. The first kappa shape index (κ1) is 19.3. The summed E-state index contributed by atoms with van der Waals surface area (Å²) in [5.74, 6) is 0.443. The lowest BCUT2D eigenvalue weighted by Gasteiger charge is -2.28. The van der Waals surface area contributed by atoms with E-state index < -0.39 is 0 Å². The number of nitrogens with two attached hydrogens (primary N) is 1. The number of benzene rings is 2. The van der Waals surface area contributed by atoms with Gasteiger partial charge in [-0.15, -0.1) is 0 Å². The molecule has 0 amide bonds. The molecule has 32 heavy (non-hydrogen) atoms. The highest BCUT2D eigenvalue weighted by atomic mass is 16.5. The number of imidazole rings is 1. The summed E-state index contributed by atoms with van der Waals surface area (Å²) in [6.45, 7) is 5.36. The van der Waals surface area contributed by atoms with E-state index in [-0.39, 0.29) is 0 Å². The Kier molecular flexibility index (Phi) is 4.78. The molecule has 3 N–H and O–H groups in total. The number of nitrogen functional groups attached to an aromatic ring is 1. The van der Waals surface area contributed by atoms with Crippen molar-refractivity contribution >= 4 is 17.2 Å². The van der Waals surface area contributed by atoms with E-state index in [2.05, 4.69) is 57.7 Å². The van der Waals surface area contributed by atoms with Crippen molar-refractivity contribution in [1.29, 1.82) is 0 Å². The number of nitrogens with one attached hydrogen (secondary N) is 1. The summed E-state index contributed by atoms with van der Waals surface area (Å²) < 4.78 is 7.44. The molecular weight excluding hydrogens is 400 g/mol. The molecule has 4 heterocycles. The van der Waals surface area contributed by atoms with Gasteiger partial charge in [0.2, 0.25) is 0 Å². The molecule has 0 spiro atoms. The molecule has 7 nitrogen and oxygen atoms in total. The van der Waals surface area contributed by atoms with Gasteiger partial charge < -0.3 is 25.1 Å². The fourth-order valence-corrected chi connectivity index (χ4v) is 4.60. The van der Waals surface area contributed by atoms with Gasteiger partial charge >= 0.3 is 0 Å². The predicted molar refractivity (Wildman–Crippen MR) is 127 cm³/mol. The number of nitrogens with zero attached hydrogens (tertiary/aromatic N) is 4. The van der Waals surface area contributed by atoms with E-state index in [4.69, 9.17) is 15.5 Å². The normalized spacial score (nSPS) is 16.3. The van der Waals surface area contributed by atoms with Crippen LogP contribution in [-0.2, 0) is 17.7 Å².